The number of hydrogen-bond donors (Lipinski definition) is 0. The lowest BCUT2D eigenvalue weighted by molar-refractivity contribution is 0.0555. The van der Waals surface area contributed by atoms with E-state index in [2.05, 4.69) is 21.6 Å². The highest BCUT2D eigenvalue weighted by atomic mass is 16.5. The predicted octanol–water partition coefficient (Wildman–Crippen LogP) is 2.97. The van der Waals surface area contributed by atoms with Crippen LogP contribution in [0.5, 0.6) is 0 Å². The van der Waals surface area contributed by atoms with Crippen molar-refractivity contribution in [1.29, 1.82) is 0 Å². The van der Waals surface area contributed by atoms with Gasteiger partial charge in [0.2, 0.25) is 5.76 Å². The van der Waals surface area contributed by atoms with Crippen LogP contribution in [0.4, 0.5) is 0 Å². The average Bonchev–Trinajstić information content (AvgIpc) is 3.23. The first-order valence-corrected chi connectivity index (χ1v) is 8.02. The largest absolute Gasteiger partial charge is 0.463 e. The van der Waals surface area contributed by atoms with E-state index in [1.54, 1.807) is 0 Å². The van der Waals surface area contributed by atoms with E-state index in [9.17, 15) is 4.79 Å². The number of furan rings is 1. The second kappa shape index (κ2) is 6.58. The van der Waals surface area contributed by atoms with Gasteiger partial charge in [-0.15, -0.1) is 0 Å². The summed E-state index contributed by atoms with van der Waals surface area (Å²) in [6, 6.07) is 4.52. The molecule has 2 aromatic rings. The molecule has 1 aliphatic heterocycles. The molecule has 124 valence electrons. The summed E-state index contributed by atoms with van der Waals surface area (Å²) < 4.78 is 12.6. The Morgan fingerprint density at radius 2 is 2.17 bits per heavy atom. The monoisotopic (exact) mass is 317 g/mol. The standard InChI is InChI=1S/C17H23N3O3/c1-12-11-15(23-16(12)17(21)22-3)13(2)19-9-5-14(6-10-19)20-8-4-7-18-20/h4,7-8,11,13-14H,5-6,9-10H2,1-3H3/t13-/m1/s1. The fraction of sp³-hybridized carbons (Fsp3) is 0.529. The first-order chi connectivity index (χ1) is 11.1. The molecule has 2 aromatic heterocycles. The summed E-state index contributed by atoms with van der Waals surface area (Å²) in [5, 5.41) is 4.34. The Hall–Kier alpha value is -2.08. The molecular weight excluding hydrogens is 294 g/mol. The summed E-state index contributed by atoms with van der Waals surface area (Å²) in [4.78, 5) is 14.1. The highest BCUT2D eigenvalue weighted by molar-refractivity contribution is 5.87. The highest BCUT2D eigenvalue weighted by Crippen LogP contribution is 2.30. The van der Waals surface area contributed by atoms with Gasteiger partial charge in [-0.25, -0.2) is 4.79 Å². The van der Waals surface area contributed by atoms with Crippen molar-refractivity contribution in [2.24, 2.45) is 0 Å². The summed E-state index contributed by atoms with van der Waals surface area (Å²) in [5.74, 6) is 0.708. The Labute approximate surface area is 136 Å². The van der Waals surface area contributed by atoms with Gasteiger partial charge in [0.1, 0.15) is 5.76 Å². The number of ether oxygens (including phenoxy) is 1. The van der Waals surface area contributed by atoms with Crippen LogP contribution in [0.2, 0.25) is 0 Å². The molecule has 1 fully saturated rings. The number of aryl methyl sites for hydroxylation is 1. The molecule has 3 heterocycles. The summed E-state index contributed by atoms with van der Waals surface area (Å²) >= 11 is 0. The molecule has 1 saturated heterocycles. The zero-order valence-corrected chi connectivity index (χ0v) is 13.9. The van der Waals surface area contributed by atoms with Crippen LogP contribution in [0.15, 0.2) is 28.9 Å². The van der Waals surface area contributed by atoms with Crippen LogP contribution in [-0.4, -0.2) is 40.8 Å². The number of aromatic nitrogens is 2. The van der Waals surface area contributed by atoms with Gasteiger partial charge in [0, 0.05) is 31.0 Å². The summed E-state index contributed by atoms with van der Waals surface area (Å²) in [6.45, 7) is 5.96. The first-order valence-electron chi connectivity index (χ1n) is 8.02. The lowest BCUT2D eigenvalue weighted by Gasteiger charge is -2.35. The molecule has 0 aromatic carbocycles. The summed E-state index contributed by atoms with van der Waals surface area (Å²) in [7, 11) is 1.37. The van der Waals surface area contributed by atoms with Crippen LogP contribution in [0.1, 0.15) is 53.7 Å². The normalized spacial score (nSPS) is 18.0. The smallest absolute Gasteiger partial charge is 0.374 e. The Balaban J connectivity index is 1.65. The highest BCUT2D eigenvalue weighted by Gasteiger charge is 2.27. The Bertz CT molecular complexity index is 655. The van der Waals surface area contributed by atoms with E-state index < -0.39 is 5.97 Å². The molecule has 3 rings (SSSR count). The second-order valence-corrected chi connectivity index (χ2v) is 6.08. The molecule has 0 spiro atoms. The third-order valence-corrected chi connectivity index (χ3v) is 4.67. The number of methoxy groups -OCH3 is 1. The fourth-order valence-corrected chi connectivity index (χ4v) is 3.22. The Kier molecular flexibility index (Phi) is 4.52. The number of carbonyl (C=O) groups is 1. The predicted molar refractivity (Wildman–Crippen MR) is 85.3 cm³/mol. The summed E-state index contributed by atoms with van der Waals surface area (Å²) in [6.07, 6.45) is 5.99. The Morgan fingerprint density at radius 3 is 2.78 bits per heavy atom. The fourth-order valence-electron chi connectivity index (χ4n) is 3.22. The number of esters is 1. The average molecular weight is 317 g/mol. The van der Waals surface area contributed by atoms with Crippen LogP contribution in [0.25, 0.3) is 0 Å². The second-order valence-electron chi connectivity index (χ2n) is 6.08. The maximum atomic E-state index is 11.7. The molecule has 1 aliphatic rings. The van der Waals surface area contributed by atoms with Crippen molar-refractivity contribution in [3.8, 4) is 0 Å². The molecule has 0 bridgehead atoms. The zero-order chi connectivity index (χ0) is 16.4. The van der Waals surface area contributed by atoms with Gasteiger partial charge in [0.15, 0.2) is 0 Å². The first kappa shape index (κ1) is 15.8. The minimum atomic E-state index is -0.418. The van der Waals surface area contributed by atoms with Crippen molar-refractivity contribution >= 4 is 5.97 Å². The number of likely N-dealkylation sites (tertiary alicyclic amines) is 1. The number of nitrogens with zero attached hydrogens (tertiary/aromatic N) is 3. The van der Waals surface area contributed by atoms with Gasteiger partial charge in [-0.1, -0.05) is 0 Å². The van der Waals surface area contributed by atoms with E-state index in [4.69, 9.17) is 9.15 Å². The van der Waals surface area contributed by atoms with Crippen LogP contribution < -0.4 is 0 Å². The molecule has 0 saturated carbocycles. The zero-order valence-electron chi connectivity index (χ0n) is 13.9. The van der Waals surface area contributed by atoms with E-state index in [1.165, 1.54) is 7.11 Å². The molecular formula is C17H23N3O3. The molecule has 0 radical (unpaired) electrons. The van der Waals surface area contributed by atoms with Crippen molar-refractivity contribution in [3.05, 3.63) is 41.6 Å². The van der Waals surface area contributed by atoms with E-state index in [0.717, 1.165) is 37.3 Å². The molecule has 6 nitrogen and oxygen atoms in total. The van der Waals surface area contributed by atoms with Crippen molar-refractivity contribution in [2.75, 3.05) is 20.2 Å². The topological polar surface area (TPSA) is 60.5 Å². The molecule has 6 heteroatoms. The van der Waals surface area contributed by atoms with Gasteiger partial charge in [0.05, 0.1) is 19.2 Å². The van der Waals surface area contributed by atoms with E-state index in [-0.39, 0.29) is 6.04 Å². The number of rotatable bonds is 4. The molecule has 1 atom stereocenters. The minimum absolute atomic E-state index is 0.144. The van der Waals surface area contributed by atoms with Gasteiger partial charge < -0.3 is 9.15 Å². The minimum Gasteiger partial charge on any atom is -0.463 e. The van der Waals surface area contributed by atoms with Gasteiger partial charge in [-0.05, 0) is 38.8 Å². The number of carbonyl (C=O) groups excluding carboxylic acids is 1. The molecule has 23 heavy (non-hydrogen) atoms. The maximum absolute atomic E-state index is 11.7. The molecule has 0 amide bonds. The third kappa shape index (κ3) is 3.17. The van der Waals surface area contributed by atoms with Crippen LogP contribution in [0, 0.1) is 6.92 Å². The molecule has 0 N–H and O–H groups in total. The SMILES string of the molecule is COC(=O)c1oc([C@@H](C)N2CCC(n3cccn3)CC2)cc1C. The number of hydrogen-bond acceptors (Lipinski definition) is 5. The van der Waals surface area contributed by atoms with Crippen molar-refractivity contribution < 1.29 is 13.9 Å². The Morgan fingerprint density at radius 1 is 1.43 bits per heavy atom. The van der Waals surface area contributed by atoms with E-state index in [1.807, 2.05) is 31.5 Å². The van der Waals surface area contributed by atoms with Gasteiger partial charge >= 0.3 is 5.97 Å². The van der Waals surface area contributed by atoms with Crippen molar-refractivity contribution in [2.45, 2.75) is 38.8 Å². The molecule has 0 aliphatic carbocycles. The lowest BCUT2D eigenvalue weighted by atomic mass is 10.0. The van der Waals surface area contributed by atoms with Gasteiger partial charge in [-0.2, -0.15) is 5.10 Å². The summed E-state index contributed by atoms with van der Waals surface area (Å²) in [5.41, 5.74) is 0.824. The van der Waals surface area contributed by atoms with Crippen molar-refractivity contribution in [3.63, 3.8) is 0 Å². The van der Waals surface area contributed by atoms with Crippen LogP contribution in [0.3, 0.4) is 0 Å². The number of piperidine rings is 1. The third-order valence-electron chi connectivity index (χ3n) is 4.67. The van der Waals surface area contributed by atoms with Gasteiger partial charge in [0.25, 0.3) is 0 Å². The maximum Gasteiger partial charge on any atom is 0.374 e. The van der Waals surface area contributed by atoms with Crippen LogP contribution >= 0.6 is 0 Å². The van der Waals surface area contributed by atoms with Crippen molar-refractivity contribution in [1.82, 2.24) is 14.7 Å². The van der Waals surface area contributed by atoms with E-state index >= 15 is 0 Å². The lowest BCUT2D eigenvalue weighted by Crippen LogP contribution is -2.36. The van der Waals surface area contributed by atoms with E-state index in [0.29, 0.717) is 11.8 Å². The van der Waals surface area contributed by atoms with Crippen LogP contribution in [-0.2, 0) is 4.74 Å². The quantitative estimate of drug-likeness (QED) is 0.811. The van der Waals surface area contributed by atoms with Gasteiger partial charge in [-0.3, -0.25) is 9.58 Å². The molecule has 0 unspecified atom stereocenters.